The van der Waals surface area contributed by atoms with Gasteiger partial charge in [-0.1, -0.05) is 12.1 Å². The molecule has 0 unspecified atom stereocenters. The van der Waals surface area contributed by atoms with Gasteiger partial charge in [-0.15, -0.1) is 0 Å². The number of nitrogens with one attached hydrogen (secondary N) is 1. The Kier molecular flexibility index (Phi) is 11.7. The number of amides is 1. The van der Waals surface area contributed by atoms with Gasteiger partial charge in [0.1, 0.15) is 5.56 Å². The van der Waals surface area contributed by atoms with E-state index in [-0.39, 0.29) is 22.9 Å². The van der Waals surface area contributed by atoms with Crippen LogP contribution < -0.4 is 20.9 Å². The highest BCUT2D eigenvalue weighted by molar-refractivity contribution is 5.98. The van der Waals surface area contributed by atoms with Crippen molar-refractivity contribution in [3.05, 3.63) is 94.6 Å². The number of rotatable bonds is 5. The molecule has 4 aromatic rings. The van der Waals surface area contributed by atoms with Gasteiger partial charge in [-0.25, -0.2) is 24.7 Å². The van der Waals surface area contributed by atoms with Crippen molar-refractivity contribution in [3.8, 4) is 11.5 Å². The van der Waals surface area contributed by atoms with E-state index in [4.69, 9.17) is 15.9 Å². The van der Waals surface area contributed by atoms with E-state index in [1.54, 1.807) is 54.0 Å². The van der Waals surface area contributed by atoms with Crippen LogP contribution in [0, 0.1) is 10.1 Å². The number of aromatic carboxylic acids is 1. The molecule has 1 amide bonds. The maximum atomic E-state index is 12.5. The lowest BCUT2D eigenvalue weighted by Gasteiger charge is -2.34. The van der Waals surface area contributed by atoms with E-state index in [0.717, 1.165) is 44.3 Å². The van der Waals surface area contributed by atoms with Gasteiger partial charge in [-0.3, -0.25) is 14.9 Å². The van der Waals surface area contributed by atoms with Crippen LogP contribution in [0.15, 0.2) is 73.3 Å². The Morgan fingerprint density at radius 3 is 1.79 bits per heavy atom. The SMILES string of the molecule is Nc1cccc(C(=O)N2CCN(c3ncccn3)CC2)c1O.O=C(O)c1cccc([N+](=O)[O-])c1O.c1cnc(N2CCNCC2)nc1. The lowest BCUT2D eigenvalue weighted by atomic mass is 10.1. The van der Waals surface area contributed by atoms with E-state index < -0.39 is 27.9 Å². The molecular formula is C30H34N10O7. The van der Waals surface area contributed by atoms with E-state index in [9.17, 15) is 24.8 Å². The number of para-hydroxylation sites is 2. The number of anilines is 3. The average molecular weight is 647 g/mol. The maximum Gasteiger partial charge on any atom is 0.339 e. The minimum Gasteiger partial charge on any atom is -0.505 e. The predicted molar refractivity (Wildman–Crippen MR) is 172 cm³/mol. The summed E-state index contributed by atoms with van der Waals surface area (Å²) in [5, 5.41) is 41.1. The molecule has 2 aromatic carbocycles. The van der Waals surface area contributed by atoms with Crippen LogP contribution >= 0.6 is 0 Å². The molecule has 0 radical (unpaired) electrons. The molecule has 0 atom stereocenters. The maximum absolute atomic E-state index is 12.5. The number of hydrogen-bond acceptors (Lipinski definition) is 14. The first kappa shape index (κ1) is 33.8. The number of carboxylic acid groups (broad SMARTS) is 1. The summed E-state index contributed by atoms with van der Waals surface area (Å²) in [5.41, 5.74) is 5.00. The minimum absolute atomic E-state index is 0.152. The Balaban J connectivity index is 0.000000171. The van der Waals surface area contributed by atoms with Crippen molar-refractivity contribution in [2.24, 2.45) is 0 Å². The fourth-order valence-electron chi connectivity index (χ4n) is 4.64. The third-order valence-corrected chi connectivity index (χ3v) is 7.09. The largest absolute Gasteiger partial charge is 0.505 e. The summed E-state index contributed by atoms with van der Waals surface area (Å²) in [6.07, 6.45) is 6.96. The van der Waals surface area contributed by atoms with E-state index in [2.05, 4.69) is 30.2 Å². The number of nitrogen functional groups attached to an aromatic ring is 1. The van der Waals surface area contributed by atoms with Crippen LogP contribution in [0.1, 0.15) is 20.7 Å². The number of phenols is 2. The molecule has 2 aromatic heterocycles. The molecule has 2 saturated heterocycles. The Labute approximate surface area is 269 Å². The van der Waals surface area contributed by atoms with Gasteiger partial charge in [0.05, 0.1) is 16.2 Å². The summed E-state index contributed by atoms with van der Waals surface area (Å²) in [6, 6.07) is 11.7. The number of hydrogen-bond donors (Lipinski definition) is 5. The van der Waals surface area contributed by atoms with Gasteiger partial charge >= 0.3 is 11.7 Å². The second kappa shape index (κ2) is 16.3. The van der Waals surface area contributed by atoms with Gasteiger partial charge in [-0.05, 0) is 30.3 Å². The smallest absolute Gasteiger partial charge is 0.339 e. The standard InChI is InChI=1S/C15H17N5O2.C8H12N4.C7H5NO5/c16-12-4-1-3-11(13(12)21)14(22)19-7-9-20(10-8-19)15-17-5-2-6-18-15;1-2-10-8(11-3-1)12-6-4-9-5-7-12;9-6-4(7(10)11)2-1-3-5(6)8(12)13/h1-6,21H,7-10,16H2;1-3,9H,4-7H2;1-3,9H,(H,10,11). The van der Waals surface area contributed by atoms with Crippen LogP contribution in [0.4, 0.5) is 23.3 Å². The first-order valence-corrected chi connectivity index (χ1v) is 14.5. The number of carbonyl (C=O) groups is 2. The number of aromatic hydroxyl groups is 2. The molecule has 0 spiro atoms. The van der Waals surface area contributed by atoms with Gasteiger partial charge in [0, 0.05) is 83.2 Å². The second-order valence-corrected chi connectivity index (χ2v) is 10.1. The number of phenolic OH excluding ortho intramolecular Hbond substituents is 1. The van der Waals surface area contributed by atoms with Crippen molar-refractivity contribution < 1.29 is 29.8 Å². The molecule has 47 heavy (non-hydrogen) atoms. The third kappa shape index (κ3) is 8.98. The molecular weight excluding hydrogens is 612 g/mol. The van der Waals surface area contributed by atoms with E-state index in [1.165, 1.54) is 6.07 Å². The van der Waals surface area contributed by atoms with E-state index in [1.807, 2.05) is 11.0 Å². The van der Waals surface area contributed by atoms with Crippen LogP contribution in [0.25, 0.3) is 0 Å². The second-order valence-electron chi connectivity index (χ2n) is 10.1. The number of nitro benzene ring substituents is 1. The number of benzene rings is 2. The van der Waals surface area contributed by atoms with Gasteiger partial charge in [0.15, 0.2) is 5.75 Å². The lowest BCUT2D eigenvalue weighted by Crippen LogP contribution is -2.49. The Bertz CT molecular complexity index is 1620. The van der Waals surface area contributed by atoms with Crippen LogP contribution in [-0.2, 0) is 0 Å². The number of piperazine rings is 2. The summed E-state index contributed by atoms with van der Waals surface area (Å²) in [4.78, 5) is 55.0. The molecule has 17 heteroatoms. The normalized spacial score (nSPS) is 14.2. The molecule has 2 aliphatic heterocycles. The fourth-order valence-corrected chi connectivity index (χ4v) is 4.64. The molecule has 2 fully saturated rings. The Hall–Kier alpha value is -6.10. The topological polar surface area (TPSA) is 237 Å². The first-order valence-electron chi connectivity index (χ1n) is 14.5. The Morgan fingerprint density at radius 1 is 0.745 bits per heavy atom. The van der Waals surface area contributed by atoms with Crippen molar-refractivity contribution in [1.82, 2.24) is 30.2 Å². The van der Waals surface area contributed by atoms with Gasteiger partial charge in [-0.2, -0.15) is 0 Å². The van der Waals surface area contributed by atoms with Crippen LogP contribution in [0.3, 0.4) is 0 Å². The highest BCUT2D eigenvalue weighted by Gasteiger charge is 2.25. The fraction of sp³-hybridized carbons (Fsp3) is 0.267. The molecule has 17 nitrogen and oxygen atoms in total. The summed E-state index contributed by atoms with van der Waals surface area (Å²) >= 11 is 0. The van der Waals surface area contributed by atoms with E-state index >= 15 is 0 Å². The van der Waals surface area contributed by atoms with Gasteiger partial charge in [0.25, 0.3) is 5.91 Å². The van der Waals surface area contributed by atoms with Gasteiger partial charge < -0.3 is 41.1 Å². The number of aromatic nitrogens is 4. The summed E-state index contributed by atoms with van der Waals surface area (Å²) < 4.78 is 0. The van der Waals surface area contributed by atoms with Crippen molar-refractivity contribution in [2.75, 3.05) is 67.9 Å². The summed E-state index contributed by atoms with van der Waals surface area (Å²) in [5.74, 6) is -1.07. The number of carbonyl (C=O) groups excluding carboxylic acids is 1. The van der Waals surface area contributed by atoms with E-state index in [0.29, 0.717) is 32.1 Å². The number of nitro groups is 1. The monoisotopic (exact) mass is 646 g/mol. The Morgan fingerprint density at radius 2 is 1.26 bits per heavy atom. The van der Waals surface area contributed by atoms with Crippen molar-refractivity contribution >= 4 is 35.1 Å². The van der Waals surface area contributed by atoms with Crippen molar-refractivity contribution in [3.63, 3.8) is 0 Å². The van der Waals surface area contributed by atoms with Gasteiger partial charge in [0.2, 0.25) is 17.6 Å². The lowest BCUT2D eigenvalue weighted by molar-refractivity contribution is -0.385. The molecule has 4 heterocycles. The molecule has 0 saturated carbocycles. The van der Waals surface area contributed by atoms with Crippen LogP contribution in [0.5, 0.6) is 11.5 Å². The highest BCUT2D eigenvalue weighted by atomic mass is 16.6. The van der Waals surface area contributed by atoms with Crippen molar-refractivity contribution in [1.29, 1.82) is 0 Å². The zero-order chi connectivity index (χ0) is 33.8. The number of nitrogens with two attached hydrogens (primary N) is 1. The highest BCUT2D eigenvalue weighted by Crippen LogP contribution is 2.29. The zero-order valence-electron chi connectivity index (χ0n) is 25.2. The third-order valence-electron chi connectivity index (χ3n) is 7.09. The molecule has 6 N–H and O–H groups in total. The molecule has 2 aliphatic rings. The molecule has 6 rings (SSSR count). The predicted octanol–water partition coefficient (Wildman–Crippen LogP) is 1.61. The quantitative estimate of drug-likeness (QED) is 0.0896. The van der Waals surface area contributed by atoms with Crippen molar-refractivity contribution in [2.45, 2.75) is 0 Å². The summed E-state index contributed by atoms with van der Waals surface area (Å²) in [7, 11) is 0. The van der Waals surface area contributed by atoms with Crippen LogP contribution in [0.2, 0.25) is 0 Å². The minimum atomic E-state index is -1.40. The molecule has 0 bridgehead atoms. The average Bonchev–Trinajstić information content (AvgIpc) is 3.11. The summed E-state index contributed by atoms with van der Waals surface area (Å²) in [6.45, 7) is 6.46. The molecule has 246 valence electrons. The molecule has 0 aliphatic carbocycles. The first-order chi connectivity index (χ1) is 22.7. The number of nitrogens with zero attached hydrogens (tertiary/aromatic N) is 8. The zero-order valence-corrected chi connectivity index (χ0v) is 25.2. The van der Waals surface area contributed by atoms with Crippen LogP contribution in [-0.4, -0.2) is 109 Å². The number of carboxylic acids is 1.